The highest BCUT2D eigenvalue weighted by molar-refractivity contribution is 7.16. The van der Waals surface area contributed by atoms with E-state index in [-0.39, 0.29) is 0 Å². The summed E-state index contributed by atoms with van der Waals surface area (Å²) in [7, 11) is 0. The molecule has 0 spiro atoms. The molecule has 1 fully saturated rings. The molecule has 0 bridgehead atoms. The van der Waals surface area contributed by atoms with Gasteiger partial charge in [-0.15, -0.1) is 0 Å². The van der Waals surface area contributed by atoms with Crippen molar-refractivity contribution in [2.24, 2.45) is 10.9 Å². The summed E-state index contributed by atoms with van der Waals surface area (Å²) in [6.07, 6.45) is 4.00. The Morgan fingerprint density at radius 1 is 1.18 bits per heavy atom. The Morgan fingerprint density at radius 3 is 2.65 bits per heavy atom. The van der Waals surface area contributed by atoms with E-state index in [1.165, 1.54) is 53.8 Å². The quantitative estimate of drug-likeness (QED) is 0.806. The van der Waals surface area contributed by atoms with E-state index in [4.69, 9.17) is 4.98 Å². The van der Waals surface area contributed by atoms with Gasteiger partial charge in [0.15, 0.2) is 5.13 Å². The molecular formula is C13H19N3S. The van der Waals surface area contributed by atoms with E-state index in [2.05, 4.69) is 23.7 Å². The second kappa shape index (κ2) is 4.41. The molecule has 2 aliphatic heterocycles. The molecule has 1 aromatic rings. The lowest BCUT2D eigenvalue weighted by Gasteiger charge is -2.25. The van der Waals surface area contributed by atoms with Gasteiger partial charge in [0, 0.05) is 13.1 Å². The summed E-state index contributed by atoms with van der Waals surface area (Å²) in [5, 5.41) is 1.22. The van der Waals surface area contributed by atoms with Crippen molar-refractivity contribution in [1.82, 2.24) is 4.98 Å². The molecule has 3 heterocycles. The van der Waals surface area contributed by atoms with Crippen molar-refractivity contribution in [3.63, 3.8) is 0 Å². The van der Waals surface area contributed by atoms with Crippen molar-refractivity contribution < 1.29 is 0 Å². The fourth-order valence-electron chi connectivity index (χ4n) is 2.55. The van der Waals surface area contributed by atoms with E-state index >= 15 is 0 Å². The number of fused-ring (bicyclic) bond motifs is 1. The number of rotatable bonds is 2. The number of anilines is 1. The maximum absolute atomic E-state index is 4.83. The minimum atomic E-state index is 0.493. The summed E-state index contributed by atoms with van der Waals surface area (Å²) in [5.74, 6) is 0.493. The average Bonchev–Trinajstić information content (AvgIpc) is 2.88. The van der Waals surface area contributed by atoms with Gasteiger partial charge in [-0.3, -0.25) is 4.99 Å². The van der Waals surface area contributed by atoms with Gasteiger partial charge in [0.05, 0.1) is 17.1 Å². The van der Waals surface area contributed by atoms with Crippen LogP contribution in [-0.2, 0) is 6.54 Å². The molecule has 1 aromatic heterocycles. The van der Waals surface area contributed by atoms with Gasteiger partial charge in [-0.05, 0) is 25.2 Å². The lowest BCUT2D eigenvalue weighted by molar-refractivity contribution is 0.577. The van der Waals surface area contributed by atoms with Gasteiger partial charge in [-0.1, -0.05) is 25.2 Å². The Balaban J connectivity index is 1.85. The van der Waals surface area contributed by atoms with Crippen LogP contribution in [0, 0.1) is 5.92 Å². The van der Waals surface area contributed by atoms with Crippen molar-refractivity contribution in [2.75, 3.05) is 18.0 Å². The van der Waals surface area contributed by atoms with Crippen LogP contribution in [0.5, 0.6) is 0 Å². The predicted octanol–water partition coefficient (Wildman–Crippen LogP) is 3.09. The SMILES string of the molecule is CC(C)C1=NCc2sc(N3CCCCC3)nc21. The fourth-order valence-corrected chi connectivity index (χ4v) is 3.60. The Labute approximate surface area is 107 Å². The molecule has 0 unspecified atom stereocenters. The van der Waals surface area contributed by atoms with Crippen LogP contribution in [0.3, 0.4) is 0 Å². The van der Waals surface area contributed by atoms with Crippen molar-refractivity contribution in [3.05, 3.63) is 10.6 Å². The number of hydrogen-bond donors (Lipinski definition) is 0. The molecule has 3 rings (SSSR count). The molecule has 0 radical (unpaired) electrons. The zero-order valence-electron chi connectivity index (χ0n) is 10.6. The summed E-state index contributed by atoms with van der Waals surface area (Å²) < 4.78 is 0. The van der Waals surface area contributed by atoms with Crippen molar-refractivity contribution in [3.8, 4) is 0 Å². The molecule has 0 amide bonds. The fraction of sp³-hybridized carbons (Fsp3) is 0.692. The van der Waals surface area contributed by atoms with Gasteiger partial charge in [-0.2, -0.15) is 0 Å². The second-order valence-electron chi connectivity index (χ2n) is 5.17. The zero-order valence-corrected chi connectivity index (χ0v) is 11.4. The van der Waals surface area contributed by atoms with Crippen molar-refractivity contribution in [2.45, 2.75) is 39.7 Å². The largest absolute Gasteiger partial charge is 0.348 e. The van der Waals surface area contributed by atoms with Crippen molar-refractivity contribution >= 4 is 22.2 Å². The molecule has 2 aliphatic rings. The molecule has 0 atom stereocenters. The highest BCUT2D eigenvalue weighted by atomic mass is 32.1. The summed E-state index contributed by atoms with van der Waals surface area (Å²) in [6, 6.07) is 0. The Morgan fingerprint density at radius 2 is 1.94 bits per heavy atom. The third kappa shape index (κ3) is 1.99. The molecule has 4 heteroatoms. The molecule has 0 saturated carbocycles. The molecule has 1 saturated heterocycles. The van der Waals surface area contributed by atoms with Crippen LogP contribution in [-0.4, -0.2) is 23.8 Å². The first-order chi connectivity index (χ1) is 8.25. The first kappa shape index (κ1) is 11.2. The van der Waals surface area contributed by atoms with Gasteiger partial charge in [-0.25, -0.2) is 4.98 Å². The van der Waals surface area contributed by atoms with Crippen LogP contribution in [0.15, 0.2) is 4.99 Å². The van der Waals surface area contributed by atoms with Crippen LogP contribution in [0.4, 0.5) is 5.13 Å². The van der Waals surface area contributed by atoms with Crippen molar-refractivity contribution in [1.29, 1.82) is 0 Å². The molecule has 92 valence electrons. The van der Waals surface area contributed by atoms with Crippen LogP contribution >= 0.6 is 11.3 Å². The van der Waals surface area contributed by atoms with Gasteiger partial charge in [0.2, 0.25) is 0 Å². The maximum atomic E-state index is 4.83. The summed E-state index contributed by atoms with van der Waals surface area (Å²) in [6.45, 7) is 7.62. The Bertz CT molecular complexity index is 442. The zero-order chi connectivity index (χ0) is 11.8. The minimum Gasteiger partial charge on any atom is -0.348 e. The lowest BCUT2D eigenvalue weighted by atomic mass is 10.1. The van der Waals surface area contributed by atoms with E-state index < -0.39 is 0 Å². The monoisotopic (exact) mass is 249 g/mol. The number of nitrogens with zero attached hydrogens (tertiary/aromatic N) is 3. The number of aliphatic imine (C=N–C) groups is 1. The van der Waals surface area contributed by atoms with Gasteiger partial charge in [0.1, 0.15) is 5.69 Å². The normalized spacial score (nSPS) is 19.7. The lowest BCUT2D eigenvalue weighted by Crippen LogP contribution is -2.29. The Hall–Kier alpha value is -0.900. The number of hydrogen-bond acceptors (Lipinski definition) is 4. The third-order valence-corrected chi connectivity index (χ3v) is 4.60. The first-order valence-corrected chi connectivity index (χ1v) is 7.36. The molecule has 0 N–H and O–H groups in total. The number of aromatic nitrogens is 1. The van der Waals surface area contributed by atoms with Gasteiger partial charge in [0.25, 0.3) is 0 Å². The summed E-state index contributed by atoms with van der Waals surface area (Å²) in [4.78, 5) is 13.2. The molecular weight excluding hydrogens is 230 g/mol. The van der Waals surface area contributed by atoms with Crippen LogP contribution < -0.4 is 4.90 Å². The van der Waals surface area contributed by atoms with Crippen LogP contribution in [0.2, 0.25) is 0 Å². The van der Waals surface area contributed by atoms with E-state index in [9.17, 15) is 0 Å². The average molecular weight is 249 g/mol. The van der Waals surface area contributed by atoms with Gasteiger partial charge < -0.3 is 4.90 Å². The second-order valence-corrected chi connectivity index (χ2v) is 6.23. The molecule has 3 nitrogen and oxygen atoms in total. The van der Waals surface area contributed by atoms with E-state index in [0.717, 1.165) is 6.54 Å². The smallest absolute Gasteiger partial charge is 0.186 e. The standard InChI is InChI=1S/C13H19N3S/c1-9(2)11-12-10(8-14-11)17-13(15-12)16-6-4-3-5-7-16/h9H,3-8H2,1-2H3. The summed E-state index contributed by atoms with van der Waals surface area (Å²) in [5.41, 5.74) is 2.39. The van der Waals surface area contributed by atoms with E-state index in [1.807, 2.05) is 11.3 Å². The molecule has 0 aromatic carbocycles. The predicted molar refractivity (Wildman–Crippen MR) is 73.3 cm³/mol. The number of piperidine rings is 1. The summed E-state index contributed by atoms with van der Waals surface area (Å²) >= 11 is 1.85. The number of thiazole rings is 1. The topological polar surface area (TPSA) is 28.5 Å². The third-order valence-electron chi connectivity index (χ3n) is 3.50. The van der Waals surface area contributed by atoms with Crippen LogP contribution in [0.25, 0.3) is 0 Å². The van der Waals surface area contributed by atoms with Gasteiger partial charge >= 0.3 is 0 Å². The maximum Gasteiger partial charge on any atom is 0.186 e. The molecule has 17 heavy (non-hydrogen) atoms. The van der Waals surface area contributed by atoms with E-state index in [0.29, 0.717) is 5.92 Å². The molecule has 0 aliphatic carbocycles. The minimum absolute atomic E-state index is 0.493. The first-order valence-electron chi connectivity index (χ1n) is 6.55. The highest BCUT2D eigenvalue weighted by Crippen LogP contribution is 2.33. The highest BCUT2D eigenvalue weighted by Gasteiger charge is 2.25. The van der Waals surface area contributed by atoms with Crippen LogP contribution in [0.1, 0.15) is 43.7 Å². The van der Waals surface area contributed by atoms with E-state index in [1.54, 1.807) is 0 Å². The Kier molecular flexibility index (Phi) is 2.90.